The summed E-state index contributed by atoms with van der Waals surface area (Å²) in [6.45, 7) is 0. The zero-order valence-electron chi connectivity index (χ0n) is 8.00. The van der Waals surface area contributed by atoms with E-state index < -0.39 is 42.8 Å². The maximum Gasteiger partial charge on any atom is 0.323 e. The molecule has 2 atom stereocenters. The van der Waals surface area contributed by atoms with Crippen LogP contribution in [0.25, 0.3) is 0 Å². The van der Waals surface area contributed by atoms with Gasteiger partial charge < -0.3 is 9.84 Å². The molecule has 0 aromatic carbocycles. The number of rotatable bonds is 2. The summed E-state index contributed by atoms with van der Waals surface area (Å²) in [5, 5.41) is 10.9. The van der Waals surface area contributed by atoms with E-state index in [0.717, 1.165) is 7.11 Å². The summed E-state index contributed by atoms with van der Waals surface area (Å²) in [4.78, 5) is 21.6. The normalized spacial score (nSPS) is 29.5. The molecular weight excluding hydrogens is 212 g/mol. The van der Waals surface area contributed by atoms with Crippen LogP contribution >= 0.6 is 0 Å². The molecule has 5 nitrogen and oxygen atoms in total. The van der Waals surface area contributed by atoms with E-state index in [-0.39, 0.29) is 0 Å². The summed E-state index contributed by atoms with van der Waals surface area (Å²) in [5.41, 5.74) is 0. The molecule has 7 heteroatoms. The fraction of sp³-hybridized carbons (Fsp3) is 0.750. The first kappa shape index (κ1) is 11.8. The van der Waals surface area contributed by atoms with Crippen LogP contribution < -0.4 is 5.32 Å². The third-order valence-electron chi connectivity index (χ3n) is 2.19. The van der Waals surface area contributed by atoms with Crippen LogP contribution in [0, 0.1) is 0 Å². The van der Waals surface area contributed by atoms with Crippen LogP contribution in [0.1, 0.15) is 12.8 Å². The molecule has 1 fully saturated rings. The predicted octanol–water partition coefficient (Wildman–Crippen LogP) is -0.0001000. The van der Waals surface area contributed by atoms with Crippen molar-refractivity contribution in [3.05, 3.63) is 0 Å². The third kappa shape index (κ3) is 2.85. The lowest BCUT2D eigenvalue weighted by Crippen LogP contribution is -2.56. The van der Waals surface area contributed by atoms with Crippen LogP contribution in [0.2, 0.25) is 0 Å². The Labute approximate surface area is 84.4 Å². The molecule has 1 aliphatic rings. The Bertz CT molecular complexity index is 282. The molecule has 1 saturated heterocycles. The standard InChI is InChI=1S/C8H11F2NO4/c1-15-7(14)5-3-8(9,10)2-4(11-5)6(12)13/h4-5,11H,2-3H2,1H3,(H,12,13). The maximum atomic E-state index is 13.1. The Hall–Kier alpha value is -1.24. The lowest BCUT2D eigenvalue weighted by atomic mass is 9.95. The smallest absolute Gasteiger partial charge is 0.323 e. The van der Waals surface area contributed by atoms with Crippen molar-refractivity contribution < 1.29 is 28.2 Å². The molecule has 0 aromatic heterocycles. The lowest BCUT2D eigenvalue weighted by molar-refractivity contribution is -0.155. The van der Waals surface area contributed by atoms with Crippen LogP contribution in [0.3, 0.4) is 0 Å². The molecule has 15 heavy (non-hydrogen) atoms. The largest absolute Gasteiger partial charge is 0.480 e. The van der Waals surface area contributed by atoms with E-state index >= 15 is 0 Å². The summed E-state index contributed by atoms with van der Waals surface area (Å²) in [5.74, 6) is -5.43. The number of ether oxygens (including phenoxy) is 1. The molecule has 2 N–H and O–H groups in total. The van der Waals surface area contributed by atoms with Gasteiger partial charge in [-0.3, -0.25) is 14.9 Å². The number of alkyl halides is 2. The molecule has 1 heterocycles. The van der Waals surface area contributed by atoms with Gasteiger partial charge in [-0.25, -0.2) is 8.78 Å². The number of carbonyl (C=O) groups excluding carboxylic acids is 1. The number of esters is 1. The zero-order chi connectivity index (χ0) is 11.6. The Balaban J connectivity index is 2.76. The van der Waals surface area contributed by atoms with Gasteiger partial charge in [0.15, 0.2) is 0 Å². The minimum atomic E-state index is -3.16. The van der Waals surface area contributed by atoms with Gasteiger partial charge in [-0.2, -0.15) is 0 Å². The number of piperidine rings is 1. The molecular formula is C8H11F2NO4. The third-order valence-corrected chi connectivity index (χ3v) is 2.19. The SMILES string of the molecule is COC(=O)C1CC(F)(F)CC(C(=O)O)N1. The molecule has 1 rings (SSSR count). The van der Waals surface area contributed by atoms with Gasteiger partial charge in [-0.1, -0.05) is 0 Å². The Morgan fingerprint density at radius 3 is 2.40 bits per heavy atom. The van der Waals surface area contributed by atoms with E-state index in [1.54, 1.807) is 0 Å². The topological polar surface area (TPSA) is 75.6 Å². The highest BCUT2D eigenvalue weighted by atomic mass is 19.3. The summed E-state index contributed by atoms with van der Waals surface area (Å²) in [6.07, 6.45) is -1.54. The molecule has 1 aliphatic heterocycles. The molecule has 0 bridgehead atoms. The number of carboxylic acids is 1. The van der Waals surface area contributed by atoms with Gasteiger partial charge in [0.25, 0.3) is 5.92 Å². The number of methoxy groups -OCH3 is 1. The van der Waals surface area contributed by atoms with Gasteiger partial charge in [0, 0.05) is 12.8 Å². The van der Waals surface area contributed by atoms with Crippen LogP contribution in [0.15, 0.2) is 0 Å². The maximum absolute atomic E-state index is 13.1. The first-order chi connectivity index (χ1) is 6.85. The van der Waals surface area contributed by atoms with E-state index in [2.05, 4.69) is 10.1 Å². The highest BCUT2D eigenvalue weighted by Crippen LogP contribution is 2.30. The number of hydrogen-bond acceptors (Lipinski definition) is 4. The Morgan fingerprint density at radius 2 is 1.93 bits per heavy atom. The monoisotopic (exact) mass is 223 g/mol. The number of carbonyl (C=O) groups is 2. The van der Waals surface area contributed by atoms with Crippen molar-refractivity contribution in [1.29, 1.82) is 0 Å². The number of carboxylic acid groups (broad SMARTS) is 1. The summed E-state index contributed by atoms with van der Waals surface area (Å²) < 4.78 is 30.4. The van der Waals surface area contributed by atoms with E-state index in [1.807, 2.05) is 0 Å². The van der Waals surface area contributed by atoms with E-state index in [4.69, 9.17) is 5.11 Å². The number of aliphatic carboxylic acids is 1. The Kier molecular flexibility index (Phi) is 3.23. The number of hydrogen-bond donors (Lipinski definition) is 2. The van der Waals surface area contributed by atoms with Gasteiger partial charge >= 0.3 is 11.9 Å². The van der Waals surface area contributed by atoms with Crippen molar-refractivity contribution >= 4 is 11.9 Å². The highest BCUT2D eigenvalue weighted by molar-refractivity contribution is 5.79. The molecule has 0 aliphatic carbocycles. The van der Waals surface area contributed by atoms with Gasteiger partial charge in [-0.15, -0.1) is 0 Å². The van der Waals surface area contributed by atoms with Gasteiger partial charge in [0.05, 0.1) is 7.11 Å². The summed E-state index contributed by atoms with van der Waals surface area (Å²) in [7, 11) is 1.06. The second-order valence-electron chi connectivity index (χ2n) is 3.40. The van der Waals surface area contributed by atoms with E-state index in [1.165, 1.54) is 0 Å². The molecule has 2 unspecified atom stereocenters. The molecule has 86 valence electrons. The quantitative estimate of drug-likeness (QED) is 0.644. The van der Waals surface area contributed by atoms with Crippen LogP contribution in [-0.2, 0) is 14.3 Å². The fourth-order valence-corrected chi connectivity index (χ4v) is 1.49. The van der Waals surface area contributed by atoms with Crippen molar-refractivity contribution in [3.8, 4) is 0 Å². The highest BCUT2D eigenvalue weighted by Gasteiger charge is 2.46. The Morgan fingerprint density at radius 1 is 1.40 bits per heavy atom. The van der Waals surface area contributed by atoms with Crippen LogP contribution in [-0.4, -0.2) is 42.2 Å². The minimum absolute atomic E-state index is 0.733. The molecule has 0 amide bonds. The van der Waals surface area contributed by atoms with Crippen molar-refractivity contribution in [3.63, 3.8) is 0 Å². The second kappa shape index (κ2) is 4.09. The van der Waals surface area contributed by atoms with Crippen molar-refractivity contribution in [2.75, 3.05) is 7.11 Å². The van der Waals surface area contributed by atoms with Crippen molar-refractivity contribution in [2.24, 2.45) is 0 Å². The minimum Gasteiger partial charge on any atom is -0.480 e. The number of halogens is 2. The van der Waals surface area contributed by atoms with E-state index in [9.17, 15) is 18.4 Å². The van der Waals surface area contributed by atoms with E-state index in [0.29, 0.717) is 0 Å². The average molecular weight is 223 g/mol. The van der Waals surface area contributed by atoms with Crippen LogP contribution in [0.5, 0.6) is 0 Å². The first-order valence-electron chi connectivity index (χ1n) is 4.30. The van der Waals surface area contributed by atoms with Gasteiger partial charge in [-0.05, 0) is 0 Å². The van der Waals surface area contributed by atoms with Gasteiger partial charge in [0.1, 0.15) is 12.1 Å². The number of nitrogens with one attached hydrogen (secondary N) is 1. The molecule has 0 spiro atoms. The second-order valence-corrected chi connectivity index (χ2v) is 3.40. The molecule has 0 radical (unpaired) electrons. The van der Waals surface area contributed by atoms with Gasteiger partial charge in [0.2, 0.25) is 0 Å². The van der Waals surface area contributed by atoms with Crippen molar-refractivity contribution in [2.45, 2.75) is 30.8 Å². The first-order valence-corrected chi connectivity index (χ1v) is 4.30. The van der Waals surface area contributed by atoms with Crippen molar-refractivity contribution in [1.82, 2.24) is 5.32 Å². The fourth-order valence-electron chi connectivity index (χ4n) is 1.49. The molecule has 0 aromatic rings. The molecule has 0 saturated carbocycles. The predicted molar refractivity (Wildman–Crippen MR) is 44.5 cm³/mol. The summed E-state index contributed by atoms with van der Waals surface area (Å²) >= 11 is 0. The zero-order valence-corrected chi connectivity index (χ0v) is 8.00. The lowest BCUT2D eigenvalue weighted by Gasteiger charge is -2.32. The average Bonchev–Trinajstić information content (AvgIpc) is 2.14. The summed E-state index contributed by atoms with van der Waals surface area (Å²) in [6, 6.07) is -2.68. The van der Waals surface area contributed by atoms with Crippen LogP contribution in [0.4, 0.5) is 8.78 Å².